The summed E-state index contributed by atoms with van der Waals surface area (Å²) in [6, 6.07) is 4.93. The summed E-state index contributed by atoms with van der Waals surface area (Å²) in [6.07, 6.45) is 4.22. The molecule has 2 aromatic heterocycles. The first-order valence-electron chi connectivity index (χ1n) is 7.44. The highest BCUT2D eigenvalue weighted by Crippen LogP contribution is 2.33. The highest BCUT2D eigenvalue weighted by molar-refractivity contribution is 5.16. The summed E-state index contributed by atoms with van der Waals surface area (Å²) in [5, 5.41) is 0. The van der Waals surface area contributed by atoms with Gasteiger partial charge in [0.25, 0.3) is 0 Å². The molecule has 0 bridgehead atoms. The van der Waals surface area contributed by atoms with Gasteiger partial charge in [0.15, 0.2) is 0 Å². The maximum Gasteiger partial charge on any atom is 0.105 e. The zero-order chi connectivity index (χ0) is 14.3. The highest BCUT2D eigenvalue weighted by atomic mass is 15.2. The Morgan fingerprint density at radius 3 is 2.80 bits per heavy atom. The van der Waals surface area contributed by atoms with E-state index < -0.39 is 0 Å². The predicted molar refractivity (Wildman–Crippen MR) is 80.4 cm³/mol. The Morgan fingerprint density at radius 1 is 1.35 bits per heavy atom. The number of nitrogens with zero attached hydrogens (tertiary/aromatic N) is 4. The number of aryl methyl sites for hydroxylation is 1. The van der Waals surface area contributed by atoms with Crippen LogP contribution >= 0.6 is 0 Å². The van der Waals surface area contributed by atoms with Gasteiger partial charge in [-0.2, -0.15) is 0 Å². The Balaban J connectivity index is 1.88. The SMILES string of the molecule is Cc1ncc(CN2CCn3cccc3[C@@H]2C(C)C)n1C. The van der Waals surface area contributed by atoms with Crippen LogP contribution in [0.4, 0.5) is 0 Å². The van der Waals surface area contributed by atoms with E-state index in [2.05, 4.69) is 65.2 Å². The third-order valence-electron chi connectivity index (χ3n) is 4.50. The number of imidazole rings is 1. The summed E-state index contributed by atoms with van der Waals surface area (Å²) < 4.78 is 4.60. The summed E-state index contributed by atoms with van der Waals surface area (Å²) in [6.45, 7) is 9.86. The zero-order valence-corrected chi connectivity index (χ0v) is 12.9. The molecule has 3 rings (SSSR count). The van der Waals surface area contributed by atoms with E-state index in [4.69, 9.17) is 0 Å². The van der Waals surface area contributed by atoms with Crippen LogP contribution in [0.1, 0.15) is 37.1 Å². The second-order valence-electron chi connectivity index (χ2n) is 6.14. The first kappa shape index (κ1) is 13.4. The fraction of sp³-hybridized carbons (Fsp3) is 0.562. The molecule has 0 aliphatic carbocycles. The maximum absolute atomic E-state index is 4.42. The molecule has 4 heteroatoms. The first-order valence-corrected chi connectivity index (χ1v) is 7.44. The second kappa shape index (κ2) is 5.09. The van der Waals surface area contributed by atoms with Gasteiger partial charge >= 0.3 is 0 Å². The Hall–Kier alpha value is -1.55. The lowest BCUT2D eigenvalue weighted by molar-refractivity contribution is 0.109. The quantitative estimate of drug-likeness (QED) is 0.858. The van der Waals surface area contributed by atoms with Crippen molar-refractivity contribution in [2.24, 2.45) is 13.0 Å². The Kier molecular flexibility index (Phi) is 3.42. The van der Waals surface area contributed by atoms with Crippen LogP contribution in [0.2, 0.25) is 0 Å². The highest BCUT2D eigenvalue weighted by Gasteiger charge is 2.30. The fourth-order valence-electron chi connectivity index (χ4n) is 3.31. The zero-order valence-electron chi connectivity index (χ0n) is 12.9. The summed E-state index contributed by atoms with van der Waals surface area (Å²) in [7, 11) is 2.11. The molecule has 0 fully saturated rings. The van der Waals surface area contributed by atoms with Crippen LogP contribution in [0.3, 0.4) is 0 Å². The molecule has 0 amide bonds. The van der Waals surface area contributed by atoms with Gasteiger partial charge in [-0.05, 0) is 25.0 Å². The van der Waals surface area contributed by atoms with Crippen molar-refractivity contribution in [1.29, 1.82) is 0 Å². The number of hydrogen-bond acceptors (Lipinski definition) is 2. The van der Waals surface area contributed by atoms with E-state index in [-0.39, 0.29) is 0 Å². The number of fused-ring (bicyclic) bond motifs is 1. The van der Waals surface area contributed by atoms with E-state index in [9.17, 15) is 0 Å². The van der Waals surface area contributed by atoms with Crippen molar-refractivity contribution in [2.75, 3.05) is 6.54 Å². The molecule has 0 N–H and O–H groups in total. The Morgan fingerprint density at radius 2 is 2.15 bits per heavy atom. The van der Waals surface area contributed by atoms with Gasteiger partial charge in [-0.1, -0.05) is 13.8 Å². The molecule has 0 unspecified atom stereocenters. The Bertz CT molecular complexity index is 593. The van der Waals surface area contributed by atoms with E-state index in [1.165, 1.54) is 11.4 Å². The molecule has 20 heavy (non-hydrogen) atoms. The van der Waals surface area contributed by atoms with Gasteiger partial charge in [-0.25, -0.2) is 4.98 Å². The number of hydrogen-bond donors (Lipinski definition) is 0. The lowest BCUT2D eigenvalue weighted by Crippen LogP contribution is -2.40. The lowest BCUT2D eigenvalue weighted by Gasteiger charge is -2.39. The van der Waals surface area contributed by atoms with Gasteiger partial charge in [0.05, 0.1) is 11.7 Å². The van der Waals surface area contributed by atoms with Crippen LogP contribution < -0.4 is 0 Å². The van der Waals surface area contributed by atoms with Crippen LogP contribution in [0.5, 0.6) is 0 Å². The molecule has 2 aromatic rings. The van der Waals surface area contributed by atoms with Crippen molar-refractivity contribution in [3.8, 4) is 0 Å². The molecule has 3 heterocycles. The lowest BCUT2D eigenvalue weighted by atomic mass is 9.97. The minimum atomic E-state index is 0.494. The van der Waals surface area contributed by atoms with Crippen molar-refractivity contribution in [3.63, 3.8) is 0 Å². The molecule has 1 atom stereocenters. The van der Waals surface area contributed by atoms with E-state index >= 15 is 0 Å². The molecule has 1 aliphatic heterocycles. The third-order valence-corrected chi connectivity index (χ3v) is 4.50. The molecule has 0 aromatic carbocycles. The van der Waals surface area contributed by atoms with Gasteiger partial charge in [-0.3, -0.25) is 4.90 Å². The standard InChI is InChI=1S/C16H24N4/c1-12(2)16-15-6-5-7-19(15)8-9-20(16)11-14-10-17-13(3)18(14)4/h5-7,10,12,16H,8-9,11H2,1-4H3/t16-/m0/s1. The molecule has 0 saturated carbocycles. The van der Waals surface area contributed by atoms with Gasteiger partial charge in [-0.15, -0.1) is 0 Å². The summed E-state index contributed by atoms with van der Waals surface area (Å²) >= 11 is 0. The molecule has 0 spiro atoms. The van der Waals surface area contributed by atoms with Crippen molar-refractivity contribution < 1.29 is 0 Å². The third kappa shape index (κ3) is 2.18. The molecular formula is C16H24N4. The van der Waals surface area contributed by atoms with Gasteiger partial charge in [0.1, 0.15) is 5.82 Å². The largest absolute Gasteiger partial charge is 0.349 e. The molecule has 0 saturated heterocycles. The molecule has 1 aliphatic rings. The number of aromatic nitrogens is 3. The van der Waals surface area contributed by atoms with Crippen LogP contribution in [0.15, 0.2) is 24.5 Å². The van der Waals surface area contributed by atoms with E-state index in [1.54, 1.807) is 0 Å². The summed E-state index contributed by atoms with van der Waals surface area (Å²) in [4.78, 5) is 7.01. The summed E-state index contributed by atoms with van der Waals surface area (Å²) in [5.74, 6) is 1.69. The normalized spacial score (nSPS) is 19.6. The van der Waals surface area contributed by atoms with E-state index in [0.717, 1.165) is 25.5 Å². The fourth-order valence-corrected chi connectivity index (χ4v) is 3.31. The minimum Gasteiger partial charge on any atom is -0.349 e. The van der Waals surface area contributed by atoms with E-state index in [1.807, 2.05) is 6.20 Å². The average molecular weight is 272 g/mol. The first-order chi connectivity index (χ1) is 9.58. The molecular weight excluding hydrogens is 248 g/mol. The van der Waals surface area contributed by atoms with Crippen molar-refractivity contribution in [1.82, 2.24) is 19.0 Å². The van der Waals surface area contributed by atoms with Gasteiger partial charge in [0, 0.05) is 44.8 Å². The molecule has 4 nitrogen and oxygen atoms in total. The van der Waals surface area contributed by atoms with Gasteiger partial charge in [0.2, 0.25) is 0 Å². The Labute approximate surface area is 121 Å². The van der Waals surface area contributed by atoms with Crippen LogP contribution in [-0.4, -0.2) is 25.6 Å². The average Bonchev–Trinajstić information content (AvgIpc) is 2.99. The van der Waals surface area contributed by atoms with Crippen LogP contribution in [0.25, 0.3) is 0 Å². The second-order valence-corrected chi connectivity index (χ2v) is 6.14. The molecule has 108 valence electrons. The van der Waals surface area contributed by atoms with Gasteiger partial charge < -0.3 is 9.13 Å². The monoisotopic (exact) mass is 272 g/mol. The predicted octanol–water partition coefficient (Wildman–Crippen LogP) is 2.74. The minimum absolute atomic E-state index is 0.494. The smallest absolute Gasteiger partial charge is 0.105 e. The van der Waals surface area contributed by atoms with Crippen LogP contribution in [0, 0.1) is 12.8 Å². The number of rotatable bonds is 3. The van der Waals surface area contributed by atoms with Crippen molar-refractivity contribution in [2.45, 2.75) is 39.9 Å². The molecule has 0 radical (unpaired) electrons. The topological polar surface area (TPSA) is 26.0 Å². The van der Waals surface area contributed by atoms with E-state index in [0.29, 0.717) is 12.0 Å². The van der Waals surface area contributed by atoms with Crippen molar-refractivity contribution in [3.05, 3.63) is 41.7 Å². The van der Waals surface area contributed by atoms with Crippen molar-refractivity contribution >= 4 is 0 Å². The maximum atomic E-state index is 4.42. The summed E-state index contributed by atoms with van der Waals surface area (Å²) in [5.41, 5.74) is 2.75. The van der Waals surface area contributed by atoms with Crippen LogP contribution in [-0.2, 0) is 20.1 Å².